The molecule has 0 saturated carbocycles. The summed E-state index contributed by atoms with van der Waals surface area (Å²) in [4.78, 5) is 21.9. The van der Waals surface area contributed by atoms with E-state index in [0.29, 0.717) is 11.0 Å². The van der Waals surface area contributed by atoms with Crippen molar-refractivity contribution in [3.63, 3.8) is 0 Å². The molecule has 0 atom stereocenters. The van der Waals surface area contributed by atoms with Crippen LogP contribution in [0.5, 0.6) is 0 Å². The van der Waals surface area contributed by atoms with Crippen LogP contribution in [-0.4, -0.2) is 35.7 Å². The van der Waals surface area contributed by atoms with Crippen LogP contribution in [-0.2, 0) is 25.7 Å². The van der Waals surface area contributed by atoms with Gasteiger partial charge >= 0.3 is 19.1 Å². The van der Waals surface area contributed by atoms with E-state index in [1.165, 1.54) is 12.1 Å². The Morgan fingerprint density at radius 1 is 1.32 bits per heavy atom. The molecule has 0 fully saturated rings. The van der Waals surface area contributed by atoms with Crippen molar-refractivity contribution in [3.05, 3.63) is 42.5 Å². The van der Waals surface area contributed by atoms with Gasteiger partial charge in [-0.05, 0) is 11.0 Å². The molecule has 1 rings (SSSR count). The van der Waals surface area contributed by atoms with Crippen molar-refractivity contribution in [2.24, 2.45) is 0 Å². The summed E-state index contributed by atoms with van der Waals surface area (Å²) >= 11 is 0. The molecule has 0 aliphatic carbocycles. The molecule has 0 radical (unpaired) electrons. The Hall–Kier alpha value is -2.12. The third-order valence-corrected chi connectivity index (χ3v) is 2.15. The van der Waals surface area contributed by atoms with Crippen LogP contribution in [0.4, 0.5) is 0 Å². The van der Waals surface area contributed by atoms with E-state index in [0.717, 1.165) is 6.08 Å². The number of ether oxygens (including phenoxy) is 2. The van der Waals surface area contributed by atoms with E-state index in [2.05, 4.69) is 11.3 Å². The summed E-state index contributed by atoms with van der Waals surface area (Å²) in [5.74, 6) is -1.41. The highest BCUT2D eigenvalue weighted by Gasteiger charge is 2.11. The highest BCUT2D eigenvalue weighted by atomic mass is 16.6. The standard InChI is InChI=1S/C12H13BO6/c1-2-11(14)19-8-12(15)18-7-9-4-3-5-10(6-9)13(16)17/h2-6,16-17H,1,7-8H2. The van der Waals surface area contributed by atoms with Gasteiger partial charge in [-0.2, -0.15) is 0 Å². The van der Waals surface area contributed by atoms with Gasteiger partial charge in [-0.25, -0.2) is 9.59 Å². The zero-order valence-corrected chi connectivity index (χ0v) is 10.1. The molecule has 19 heavy (non-hydrogen) atoms. The minimum Gasteiger partial charge on any atom is -0.458 e. The number of hydrogen-bond donors (Lipinski definition) is 2. The molecule has 100 valence electrons. The van der Waals surface area contributed by atoms with E-state index in [4.69, 9.17) is 14.8 Å². The number of carbonyl (C=O) groups excluding carboxylic acids is 2. The van der Waals surface area contributed by atoms with Crippen molar-refractivity contribution < 1.29 is 29.1 Å². The second-order valence-corrected chi connectivity index (χ2v) is 3.59. The van der Waals surface area contributed by atoms with Gasteiger partial charge in [0.2, 0.25) is 0 Å². The van der Waals surface area contributed by atoms with Crippen LogP contribution in [0.25, 0.3) is 0 Å². The SMILES string of the molecule is C=CC(=O)OCC(=O)OCc1cccc(B(O)O)c1. The van der Waals surface area contributed by atoms with Crippen molar-refractivity contribution in [3.8, 4) is 0 Å². The Balaban J connectivity index is 2.43. The van der Waals surface area contributed by atoms with Crippen LogP contribution < -0.4 is 5.46 Å². The molecular weight excluding hydrogens is 251 g/mol. The van der Waals surface area contributed by atoms with Crippen molar-refractivity contribution in [2.75, 3.05) is 6.61 Å². The molecule has 0 saturated heterocycles. The molecule has 0 bridgehead atoms. The number of hydrogen-bond acceptors (Lipinski definition) is 6. The highest BCUT2D eigenvalue weighted by molar-refractivity contribution is 6.58. The Bertz CT molecular complexity index is 471. The first-order valence-electron chi connectivity index (χ1n) is 5.42. The summed E-state index contributed by atoms with van der Waals surface area (Å²) in [5, 5.41) is 18.0. The Morgan fingerprint density at radius 2 is 2.05 bits per heavy atom. The first-order chi connectivity index (χ1) is 9.02. The lowest BCUT2D eigenvalue weighted by atomic mass is 9.80. The van der Waals surface area contributed by atoms with Crippen molar-refractivity contribution >= 4 is 24.5 Å². The largest absolute Gasteiger partial charge is 0.488 e. The van der Waals surface area contributed by atoms with E-state index in [1.54, 1.807) is 12.1 Å². The van der Waals surface area contributed by atoms with Crippen molar-refractivity contribution in [2.45, 2.75) is 6.61 Å². The molecule has 0 aromatic heterocycles. The van der Waals surface area contributed by atoms with Crippen molar-refractivity contribution in [1.29, 1.82) is 0 Å². The zero-order valence-electron chi connectivity index (χ0n) is 10.1. The second kappa shape index (κ2) is 7.35. The predicted molar refractivity (Wildman–Crippen MR) is 67.2 cm³/mol. The molecule has 0 amide bonds. The molecule has 0 heterocycles. The summed E-state index contributed by atoms with van der Waals surface area (Å²) in [6, 6.07) is 6.29. The molecule has 0 aliphatic heterocycles. The molecule has 7 heteroatoms. The minimum atomic E-state index is -1.58. The number of esters is 2. The van der Waals surface area contributed by atoms with Crippen LogP contribution >= 0.6 is 0 Å². The maximum absolute atomic E-state index is 11.2. The van der Waals surface area contributed by atoms with Gasteiger partial charge in [-0.15, -0.1) is 0 Å². The molecule has 1 aromatic rings. The average Bonchev–Trinajstić information content (AvgIpc) is 2.42. The highest BCUT2D eigenvalue weighted by Crippen LogP contribution is 2.00. The first-order valence-corrected chi connectivity index (χ1v) is 5.42. The molecule has 0 aliphatic rings. The summed E-state index contributed by atoms with van der Waals surface area (Å²) in [6.45, 7) is 2.64. The number of benzene rings is 1. The molecule has 0 spiro atoms. The third-order valence-electron chi connectivity index (χ3n) is 2.15. The molecule has 2 N–H and O–H groups in total. The van der Waals surface area contributed by atoms with Gasteiger partial charge in [0.05, 0.1) is 0 Å². The lowest BCUT2D eigenvalue weighted by molar-refractivity contribution is -0.157. The molecule has 0 unspecified atom stereocenters. The average molecular weight is 264 g/mol. The van der Waals surface area contributed by atoms with Crippen LogP contribution in [0.1, 0.15) is 5.56 Å². The summed E-state index contributed by atoms with van der Waals surface area (Å²) in [6.07, 6.45) is 0.944. The fourth-order valence-corrected chi connectivity index (χ4v) is 1.24. The summed E-state index contributed by atoms with van der Waals surface area (Å²) in [7, 11) is -1.58. The Morgan fingerprint density at radius 3 is 2.68 bits per heavy atom. The fraction of sp³-hybridized carbons (Fsp3) is 0.167. The van der Waals surface area contributed by atoms with E-state index in [1.807, 2.05) is 0 Å². The van der Waals surface area contributed by atoms with Crippen molar-refractivity contribution in [1.82, 2.24) is 0 Å². The Kier molecular flexibility index (Phi) is 5.78. The maximum atomic E-state index is 11.2. The quantitative estimate of drug-likeness (QED) is 0.394. The minimum absolute atomic E-state index is 0.0506. The van der Waals surface area contributed by atoms with Gasteiger partial charge in [-0.1, -0.05) is 30.8 Å². The number of carbonyl (C=O) groups is 2. The van der Waals surface area contributed by atoms with Crippen LogP contribution in [0, 0.1) is 0 Å². The monoisotopic (exact) mass is 264 g/mol. The van der Waals surface area contributed by atoms with Gasteiger partial charge in [0.15, 0.2) is 6.61 Å². The third kappa shape index (κ3) is 5.37. The predicted octanol–water partition coefficient (Wildman–Crippen LogP) is -0.861. The maximum Gasteiger partial charge on any atom is 0.488 e. The number of rotatable bonds is 6. The van der Waals surface area contributed by atoms with E-state index in [9.17, 15) is 9.59 Å². The molecular formula is C12H13BO6. The van der Waals surface area contributed by atoms with Crippen LogP contribution in [0.3, 0.4) is 0 Å². The summed E-state index contributed by atoms with van der Waals surface area (Å²) in [5.41, 5.74) is 0.889. The second-order valence-electron chi connectivity index (χ2n) is 3.59. The van der Waals surface area contributed by atoms with Crippen LogP contribution in [0.2, 0.25) is 0 Å². The molecule has 6 nitrogen and oxygen atoms in total. The fourth-order valence-electron chi connectivity index (χ4n) is 1.24. The van der Waals surface area contributed by atoms with Gasteiger partial charge in [0.25, 0.3) is 0 Å². The topological polar surface area (TPSA) is 93.1 Å². The van der Waals surface area contributed by atoms with Crippen LogP contribution in [0.15, 0.2) is 36.9 Å². The Labute approximate surface area is 110 Å². The smallest absolute Gasteiger partial charge is 0.458 e. The normalized spacial score (nSPS) is 9.58. The lowest BCUT2D eigenvalue weighted by Gasteiger charge is -2.06. The van der Waals surface area contributed by atoms with E-state index >= 15 is 0 Å². The zero-order chi connectivity index (χ0) is 14.3. The van der Waals surface area contributed by atoms with Gasteiger partial charge in [-0.3, -0.25) is 0 Å². The lowest BCUT2D eigenvalue weighted by Crippen LogP contribution is -2.30. The van der Waals surface area contributed by atoms with Gasteiger partial charge in [0.1, 0.15) is 6.61 Å². The molecule has 1 aromatic carbocycles. The van der Waals surface area contributed by atoms with E-state index in [-0.39, 0.29) is 6.61 Å². The van der Waals surface area contributed by atoms with E-state index < -0.39 is 25.7 Å². The van der Waals surface area contributed by atoms with Gasteiger partial charge < -0.3 is 19.5 Å². The first kappa shape index (κ1) is 14.9. The van der Waals surface area contributed by atoms with Gasteiger partial charge in [0, 0.05) is 6.08 Å². The summed E-state index contributed by atoms with van der Waals surface area (Å²) < 4.78 is 9.34.